The molecule has 1 N–H and O–H groups in total. The fraction of sp³-hybridized carbons (Fsp3) is 0.176. The summed E-state index contributed by atoms with van der Waals surface area (Å²) < 4.78 is 38.8. The van der Waals surface area contributed by atoms with Gasteiger partial charge in [-0.3, -0.25) is 4.79 Å². The highest BCUT2D eigenvalue weighted by Gasteiger charge is 2.43. The highest BCUT2D eigenvalue weighted by atomic mass is 35.5. The molecule has 0 aliphatic rings. The zero-order chi connectivity index (χ0) is 18.6. The average molecular weight is 372 g/mol. The lowest BCUT2D eigenvalue weighted by atomic mass is 10.1. The van der Waals surface area contributed by atoms with Crippen LogP contribution in [0.2, 0.25) is 5.02 Å². The Morgan fingerprint density at radius 3 is 2.20 bits per heavy atom. The lowest BCUT2D eigenvalue weighted by Gasteiger charge is -2.25. The molecule has 0 aromatic heterocycles. The van der Waals surface area contributed by atoms with Crippen molar-refractivity contribution in [1.82, 2.24) is 0 Å². The van der Waals surface area contributed by atoms with E-state index in [4.69, 9.17) is 11.6 Å². The molecule has 2 rings (SSSR count). The van der Waals surface area contributed by atoms with E-state index < -0.39 is 18.1 Å². The van der Waals surface area contributed by atoms with E-state index in [1.807, 2.05) is 0 Å². The van der Waals surface area contributed by atoms with Gasteiger partial charge in [0.05, 0.1) is 11.3 Å². The fourth-order valence-electron chi connectivity index (χ4n) is 2.27. The summed E-state index contributed by atoms with van der Waals surface area (Å²) in [5.74, 6) is -3.53. The van der Waals surface area contributed by atoms with Gasteiger partial charge in [-0.15, -0.1) is 0 Å². The fourth-order valence-corrected chi connectivity index (χ4v) is 2.39. The van der Waals surface area contributed by atoms with Crippen LogP contribution < -0.4 is 4.90 Å². The largest absolute Gasteiger partial charge is 0.478 e. The first kappa shape index (κ1) is 18.8. The second-order valence-corrected chi connectivity index (χ2v) is 5.59. The molecule has 2 aromatic rings. The number of aromatic carboxylic acids is 1. The minimum absolute atomic E-state index is 0.104. The van der Waals surface area contributed by atoms with Crippen LogP contribution in [0.4, 0.5) is 18.9 Å². The lowest BCUT2D eigenvalue weighted by molar-refractivity contribution is -0.170. The molecule has 1 amide bonds. The van der Waals surface area contributed by atoms with Crippen molar-refractivity contribution in [3.05, 3.63) is 64.7 Å². The third-order valence-electron chi connectivity index (χ3n) is 3.45. The van der Waals surface area contributed by atoms with Gasteiger partial charge in [0.1, 0.15) is 0 Å². The molecule has 0 saturated heterocycles. The van der Waals surface area contributed by atoms with E-state index in [2.05, 4.69) is 0 Å². The Morgan fingerprint density at radius 2 is 1.64 bits per heavy atom. The lowest BCUT2D eigenvalue weighted by Crippen LogP contribution is -2.43. The topological polar surface area (TPSA) is 57.6 Å². The molecule has 0 unspecified atom stereocenters. The molecule has 0 heterocycles. The van der Waals surface area contributed by atoms with Crippen molar-refractivity contribution >= 4 is 29.2 Å². The van der Waals surface area contributed by atoms with E-state index in [1.54, 1.807) is 24.3 Å². The molecule has 0 saturated carbocycles. The molecule has 0 spiro atoms. The number of amides is 1. The van der Waals surface area contributed by atoms with Gasteiger partial charge in [0.25, 0.3) is 0 Å². The number of benzene rings is 2. The zero-order valence-electron chi connectivity index (χ0n) is 12.8. The first-order chi connectivity index (χ1) is 11.7. The molecule has 2 aromatic carbocycles. The van der Waals surface area contributed by atoms with Crippen LogP contribution in [-0.2, 0) is 11.2 Å². The third-order valence-corrected chi connectivity index (χ3v) is 3.70. The Balaban J connectivity index is 2.35. The molecule has 0 bridgehead atoms. The van der Waals surface area contributed by atoms with Crippen molar-refractivity contribution in [2.24, 2.45) is 0 Å². The zero-order valence-corrected chi connectivity index (χ0v) is 13.5. The number of carbonyl (C=O) groups is 2. The van der Waals surface area contributed by atoms with Crippen LogP contribution >= 0.6 is 11.6 Å². The number of hydrogen-bond donors (Lipinski definition) is 1. The van der Waals surface area contributed by atoms with Gasteiger partial charge in [0, 0.05) is 11.6 Å². The summed E-state index contributed by atoms with van der Waals surface area (Å²) in [6.45, 7) is -0.329. The number of alkyl halides is 3. The number of carboxylic acids is 1. The van der Waals surface area contributed by atoms with Crippen LogP contribution in [0.25, 0.3) is 0 Å². The summed E-state index contributed by atoms with van der Waals surface area (Å²) >= 11 is 5.76. The Labute approximate surface area is 146 Å². The number of halogens is 4. The molecule has 0 radical (unpaired) electrons. The summed E-state index contributed by atoms with van der Waals surface area (Å²) in [6.07, 6.45) is -5.02. The molecule has 132 valence electrons. The van der Waals surface area contributed by atoms with E-state index in [-0.39, 0.29) is 24.2 Å². The highest BCUT2D eigenvalue weighted by molar-refractivity contribution is 6.30. The van der Waals surface area contributed by atoms with Crippen molar-refractivity contribution in [2.45, 2.75) is 12.6 Å². The summed E-state index contributed by atoms with van der Waals surface area (Å²) in [6, 6.07) is 11.5. The van der Waals surface area contributed by atoms with Crippen LogP contribution in [0, 0.1) is 0 Å². The Morgan fingerprint density at radius 1 is 1.04 bits per heavy atom. The number of para-hydroxylation sites is 1. The Bertz CT molecular complexity index is 775. The average Bonchev–Trinajstić information content (AvgIpc) is 2.56. The van der Waals surface area contributed by atoms with Crippen molar-refractivity contribution in [3.63, 3.8) is 0 Å². The maximum atomic E-state index is 12.9. The molecule has 0 aliphatic heterocycles. The smallest absolute Gasteiger partial charge is 0.471 e. The first-order valence-electron chi connectivity index (χ1n) is 7.15. The van der Waals surface area contributed by atoms with Gasteiger partial charge in [-0.05, 0) is 36.2 Å². The van der Waals surface area contributed by atoms with E-state index in [0.717, 1.165) is 6.07 Å². The van der Waals surface area contributed by atoms with Gasteiger partial charge in [-0.2, -0.15) is 13.2 Å². The summed E-state index contributed by atoms with van der Waals surface area (Å²) in [5, 5.41) is 9.66. The second-order valence-electron chi connectivity index (χ2n) is 5.15. The van der Waals surface area contributed by atoms with Crippen LogP contribution in [0.5, 0.6) is 0 Å². The number of carboxylic acid groups (broad SMARTS) is 1. The van der Waals surface area contributed by atoms with Crippen molar-refractivity contribution in [2.75, 3.05) is 11.4 Å². The van der Waals surface area contributed by atoms with Crippen LogP contribution in [-0.4, -0.2) is 29.7 Å². The number of rotatable bonds is 5. The highest BCUT2D eigenvalue weighted by Crippen LogP contribution is 2.27. The Kier molecular flexibility index (Phi) is 5.69. The maximum Gasteiger partial charge on any atom is 0.471 e. The summed E-state index contributed by atoms with van der Waals surface area (Å²) in [7, 11) is 0. The van der Waals surface area contributed by atoms with Gasteiger partial charge >= 0.3 is 18.1 Å². The van der Waals surface area contributed by atoms with Gasteiger partial charge < -0.3 is 10.0 Å². The minimum atomic E-state index is -5.12. The van der Waals surface area contributed by atoms with E-state index in [0.29, 0.717) is 15.5 Å². The van der Waals surface area contributed by atoms with Gasteiger partial charge in [0.2, 0.25) is 0 Å². The molecular formula is C17H13ClF3NO3. The summed E-state index contributed by atoms with van der Waals surface area (Å²) in [5.41, 5.74) is -0.0142. The molecule has 4 nitrogen and oxygen atoms in total. The molecule has 0 fully saturated rings. The third kappa shape index (κ3) is 4.73. The van der Waals surface area contributed by atoms with Gasteiger partial charge in [-0.1, -0.05) is 35.9 Å². The summed E-state index contributed by atoms with van der Waals surface area (Å²) in [4.78, 5) is 23.5. The van der Waals surface area contributed by atoms with Crippen molar-refractivity contribution < 1.29 is 27.9 Å². The second kappa shape index (κ2) is 7.57. The van der Waals surface area contributed by atoms with E-state index >= 15 is 0 Å². The van der Waals surface area contributed by atoms with Gasteiger partial charge in [0.15, 0.2) is 0 Å². The number of hydrogen-bond acceptors (Lipinski definition) is 2. The SMILES string of the molecule is O=C(O)c1ccccc1N(CCc1ccc(Cl)cc1)C(=O)C(F)(F)F. The van der Waals surface area contributed by atoms with E-state index in [9.17, 15) is 27.9 Å². The number of carbonyl (C=O) groups excluding carboxylic acids is 1. The van der Waals surface area contributed by atoms with E-state index in [1.165, 1.54) is 18.2 Å². The molecule has 0 atom stereocenters. The molecule has 8 heteroatoms. The number of anilines is 1. The minimum Gasteiger partial charge on any atom is -0.478 e. The quantitative estimate of drug-likeness (QED) is 0.858. The predicted octanol–water partition coefficient (Wildman–Crippen LogP) is 4.18. The maximum absolute atomic E-state index is 12.9. The standard InChI is InChI=1S/C17H13ClF3NO3/c18-12-7-5-11(6-8-12)9-10-22(16(25)17(19,20)21)14-4-2-1-3-13(14)15(23)24/h1-8H,9-10H2,(H,23,24). The van der Waals surface area contributed by atoms with Crippen molar-refractivity contribution in [3.8, 4) is 0 Å². The van der Waals surface area contributed by atoms with Crippen molar-refractivity contribution in [1.29, 1.82) is 0 Å². The van der Waals surface area contributed by atoms with Crippen LogP contribution in [0.15, 0.2) is 48.5 Å². The normalized spacial score (nSPS) is 11.2. The Hall–Kier alpha value is -2.54. The molecule has 25 heavy (non-hydrogen) atoms. The van der Waals surface area contributed by atoms with Gasteiger partial charge in [-0.25, -0.2) is 4.79 Å². The predicted molar refractivity (Wildman–Crippen MR) is 87.0 cm³/mol. The first-order valence-corrected chi connectivity index (χ1v) is 7.53. The van der Waals surface area contributed by atoms with Crippen LogP contribution in [0.3, 0.4) is 0 Å². The number of nitrogens with zero attached hydrogens (tertiary/aromatic N) is 1. The van der Waals surface area contributed by atoms with Crippen LogP contribution in [0.1, 0.15) is 15.9 Å². The molecule has 0 aliphatic carbocycles. The monoisotopic (exact) mass is 371 g/mol. The molecular weight excluding hydrogens is 359 g/mol.